The molecule has 7 heteroatoms. The second-order valence-electron chi connectivity index (χ2n) is 8.75. The Hall–Kier alpha value is -3.55. The molecule has 1 aliphatic rings. The molecule has 0 amide bonds. The van der Waals surface area contributed by atoms with Gasteiger partial charge in [-0.05, 0) is 29.2 Å². The predicted octanol–water partition coefficient (Wildman–Crippen LogP) is 4.82. The number of carboxylic acid groups (broad SMARTS) is 1. The summed E-state index contributed by atoms with van der Waals surface area (Å²) in [5.74, 6) is 0.213. The van der Waals surface area contributed by atoms with Gasteiger partial charge in [0, 0.05) is 36.8 Å². The van der Waals surface area contributed by atoms with Gasteiger partial charge >= 0.3 is 5.97 Å². The highest BCUT2D eigenvalue weighted by atomic mass is 16.5. The Labute approximate surface area is 199 Å². The maximum Gasteiger partial charge on any atom is 0.304 e. The van der Waals surface area contributed by atoms with Crippen molar-refractivity contribution in [1.82, 2.24) is 15.5 Å². The Morgan fingerprint density at radius 2 is 1.94 bits per heavy atom. The third-order valence-corrected chi connectivity index (χ3v) is 5.96. The summed E-state index contributed by atoms with van der Waals surface area (Å²) in [5.41, 5.74) is 5.03. The lowest BCUT2D eigenvalue weighted by Crippen LogP contribution is -2.27. The molecular formula is C27H29N3O4. The number of rotatable bonds is 10. The Kier molecular flexibility index (Phi) is 7.35. The minimum absolute atomic E-state index is 0.0887. The van der Waals surface area contributed by atoms with Crippen LogP contribution in [0.15, 0.2) is 71.3 Å². The van der Waals surface area contributed by atoms with Crippen LogP contribution in [0, 0.1) is 5.41 Å². The molecule has 0 radical (unpaired) electrons. The number of carboxylic acids is 1. The van der Waals surface area contributed by atoms with Gasteiger partial charge in [-0.15, -0.1) is 0 Å². The lowest BCUT2D eigenvalue weighted by molar-refractivity contribution is -0.136. The topological polar surface area (TPSA) is 97.5 Å². The summed E-state index contributed by atoms with van der Waals surface area (Å²) < 4.78 is 11.2. The smallest absolute Gasteiger partial charge is 0.304 e. The molecule has 3 aromatic rings. The summed E-state index contributed by atoms with van der Waals surface area (Å²) in [6.07, 6.45) is 4.99. The first kappa shape index (κ1) is 23.6. The van der Waals surface area contributed by atoms with E-state index in [9.17, 15) is 4.79 Å². The van der Waals surface area contributed by atoms with Gasteiger partial charge in [0.2, 0.25) is 5.82 Å². The minimum atomic E-state index is -0.815. The van der Waals surface area contributed by atoms with E-state index in [1.54, 1.807) is 7.11 Å². The number of hydrogen-bond acceptors (Lipinski definition) is 6. The average Bonchev–Trinajstić information content (AvgIpc) is 3.33. The second-order valence-corrected chi connectivity index (χ2v) is 8.75. The highest BCUT2D eigenvalue weighted by Crippen LogP contribution is 2.45. The van der Waals surface area contributed by atoms with Crippen molar-refractivity contribution in [2.24, 2.45) is 5.41 Å². The van der Waals surface area contributed by atoms with Crippen molar-refractivity contribution in [2.75, 3.05) is 20.3 Å². The molecular weight excluding hydrogens is 430 g/mol. The first-order valence-corrected chi connectivity index (χ1v) is 11.3. The molecule has 0 saturated heterocycles. The van der Waals surface area contributed by atoms with E-state index in [-0.39, 0.29) is 11.8 Å². The molecule has 2 aromatic carbocycles. The van der Waals surface area contributed by atoms with E-state index in [1.807, 2.05) is 42.5 Å². The van der Waals surface area contributed by atoms with Crippen LogP contribution in [0.2, 0.25) is 0 Å². The summed E-state index contributed by atoms with van der Waals surface area (Å²) in [6, 6.07) is 18.2. The number of nitrogens with one attached hydrogen (secondary N) is 1. The monoisotopic (exact) mass is 459 g/mol. The first-order valence-electron chi connectivity index (χ1n) is 11.3. The fraction of sp³-hybridized carbons (Fsp3) is 0.296. The van der Waals surface area contributed by atoms with Crippen molar-refractivity contribution in [3.63, 3.8) is 0 Å². The van der Waals surface area contributed by atoms with Crippen LogP contribution in [0.5, 0.6) is 0 Å². The quantitative estimate of drug-likeness (QED) is 0.419. The molecule has 0 bridgehead atoms. The van der Waals surface area contributed by atoms with Crippen LogP contribution in [0.3, 0.4) is 0 Å². The van der Waals surface area contributed by atoms with E-state index < -0.39 is 5.97 Å². The molecule has 2 N–H and O–H groups in total. The number of benzene rings is 2. The molecule has 0 saturated carbocycles. The maximum absolute atomic E-state index is 10.7. The van der Waals surface area contributed by atoms with Crippen LogP contribution < -0.4 is 5.32 Å². The fourth-order valence-corrected chi connectivity index (χ4v) is 4.34. The SMILES string of the molecule is COCC1(C)CC(c2nc(-c3cccc(CNCCC(=O)O)c3)no2)=CC=C1c1ccccc1. The predicted molar refractivity (Wildman–Crippen MR) is 131 cm³/mol. The molecule has 7 nitrogen and oxygen atoms in total. The number of nitrogens with zero attached hydrogens (tertiary/aromatic N) is 2. The van der Waals surface area contributed by atoms with Crippen molar-refractivity contribution in [2.45, 2.75) is 26.3 Å². The van der Waals surface area contributed by atoms with Gasteiger partial charge < -0.3 is 19.7 Å². The number of aliphatic carboxylic acids is 1. The third-order valence-electron chi connectivity index (χ3n) is 5.96. The molecule has 176 valence electrons. The first-order chi connectivity index (χ1) is 16.5. The molecule has 34 heavy (non-hydrogen) atoms. The van der Waals surface area contributed by atoms with E-state index in [2.05, 4.69) is 46.7 Å². The fourth-order valence-electron chi connectivity index (χ4n) is 4.34. The van der Waals surface area contributed by atoms with Crippen LogP contribution >= 0.6 is 0 Å². The summed E-state index contributed by atoms with van der Waals surface area (Å²) in [5, 5.41) is 16.1. The molecule has 1 unspecified atom stereocenters. The summed E-state index contributed by atoms with van der Waals surface area (Å²) in [6.45, 7) is 3.75. The Balaban J connectivity index is 1.54. The van der Waals surface area contributed by atoms with Gasteiger partial charge in [-0.1, -0.05) is 72.8 Å². The van der Waals surface area contributed by atoms with Crippen molar-refractivity contribution >= 4 is 17.1 Å². The number of allylic oxidation sites excluding steroid dienone is 3. The molecule has 1 aromatic heterocycles. The van der Waals surface area contributed by atoms with Gasteiger partial charge in [-0.3, -0.25) is 4.79 Å². The highest BCUT2D eigenvalue weighted by Gasteiger charge is 2.35. The lowest BCUT2D eigenvalue weighted by atomic mass is 9.71. The standard InChI is InChI=1S/C27H29N3O4/c1-27(18-33-2)16-22(11-12-23(27)20-8-4-3-5-9-20)26-29-25(30-34-26)21-10-6-7-19(15-21)17-28-14-13-24(31)32/h3-12,15,28H,13-14,16-18H2,1-2H3,(H,31,32). The highest BCUT2D eigenvalue weighted by molar-refractivity contribution is 5.80. The molecule has 0 aliphatic heterocycles. The van der Waals surface area contributed by atoms with Gasteiger partial charge in [-0.25, -0.2) is 0 Å². The van der Waals surface area contributed by atoms with E-state index in [1.165, 1.54) is 11.1 Å². The van der Waals surface area contributed by atoms with Gasteiger partial charge in [-0.2, -0.15) is 4.98 Å². The molecule has 1 heterocycles. The minimum Gasteiger partial charge on any atom is -0.481 e. The van der Waals surface area contributed by atoms with Crippen molar-refractivity contribution in [3.05, 3.63) is 83.8 Å². The largest absolute Gasteiger partial charge is 0.481 e. The molecule has 0 fully saturated rings. The summed E-state index contributed by atoms with van der Waals surface area (Å²) in [4.78, 5) is 15.3. The molecule has 4 rings (SSSR count). The number of ether oxygens (including phenoxy) is 1. The van der Waals surface area contributed by atoms with Crippen LogP contribution in [0.4, 0.5) is 0 Å². The maximum atomic E-state index is 10.7. The number of carbonyl (C=O) groups is 1. The van der Waals surface area contributed by atoms with E-state index in [0.29, 0.717) is 31.4 Å². The van der Waals surface area contributed by atoms with Crippen molar-refractivity contribution < 1.29 is 19.2 Å². The van der Waals surface area contributed by atoms with Gasteiger partial charge in [0.15, 0.2) is 0 Å². The average molecular weight is 460 g/mol. The Morgan fingerprint density at radius 3 is 2.71 bits per heavy atom. The van der Waals surface area contributed by atoms with Crippen molar-refractivity contribution in [3.8, 4) is 11.4 Å². The Bertz CT molecular complexity index is 1200. The van der Waals surface area contributed by atoms with Crippen LogP contribution in [-0.2, 0) is 16.1 Å². The van der Waals surface area contributed by atoms with E-state index in [0.717, 1.165) is 23.1 Å². The normalized spacial score (nSPS) is 17.8. The molecule has 0 spiro atoms. The summed E-state index contributed by atoms with van der Waals surface area (Å²) >= 11 is 0. The van der Waals surface area contributed by atoms with Crippen LogP contribution in [0.1, 0.15) is 36.8 Å². The van der Waals surface area contributed by atoms with Gasteiger partial charge in [0.1, 0.15) is 0 Å². The number of aromatic nitrogens is 2. The molecule has 1 atom stereocenters. The zero-order valence-electron chi connectivity index (χ0n) is 19.5. The molecule has 1 aliphatic carbocycles. The summed E-state index contributed by atoms with van der Waals surface area (Å²) in [7, 11) is 1.72. The van der Waals surface area contributed by atoms with Crippen LogP contribution in [0.25, 0.3) is 22.5 Å². The third kappa shape index (κ3) is 5.50. The van der Waals surface area contributed by atoms with E-state index in [4.69, 9.17) is 14.4 Å². The number of hydrogen-bond donors (Lipinski definition) is 2. The Morgan fingerprint density at radius 1 is 1.15 bits per heavy atom. The van der Waals surface area contributed by atoms with E-state index >= 15 is 0 Å². The van der Waals surface area contributed by atoms with Gasteiger partial charge in [0.05, 0.1) is 13.0 Å². The lowest BCUT2D eigenvalue weighted by Gasteiger charge is -2.34. The number of methoxy groups -OCH3 is 1. The van der Waals surface area contributed by atoms with Gasteiger partial charge in [0.25, 0.3) is 5.89 Å². The zero-order valence-corrected chi connectivity index (χ0v) is 19.5. The zero-order chi connectivity index (χ0) is 24.0. The second kappa shape index (κ2) is 10.6. The van der Waals surface area contributed by atoms with Crippen molar-refractivity contribution in [1.29, 1.82) is 0 Å². The van der Waals surface area contributed by atoms with Crippen LogP contribution in [-0.4, -0.2) is 41.5 Å².